The molecule has 0 aliphatic carbocycles. The second-order valence-electron chi connectivity index (χ2n) is 5.94. The molecule has 118 valence electrons. The maximum absolute atomic E-state index is 14.4. The van der Waals surface area contributed by atoms with Crippen molar-refractivity contribution in [2.24, 2.45) is 5.73 Å². The molecule has 4 nitrogen and oxygen atoms in total. The van der Waals surface area contributed by atoms with E-state index in [1.54, 1.807) is 18.2 Å². The Bertz CT molecular complexity index is 824. The van der Waals surface area contributed by atoms with E-state index in [2.05, 4.69) is 4.98 Å². The van der Waals surface area contributed by atoms with E-state index in [0.29, 0.717) is 28.3 Å². The standard InChI is InChI=1S/C17H14ClFN2O2/c18-8-1-3-10(13(19)5-8)11-7-14(17(20)22)21-16-12(11)6-9-2-4-15(16)23-9/h1,3,5,7,9,15H,2,4,6H2,(H2,20,22). The molecule has 6 heteroatoms. The average molecular weight is 333 g/mol. The Morgan fingerprint density at radius 2 is 2.13 bits per heavy atom. The van der Waals surface area contributed by atoms with Crippen molar-refractivity contribution in [2.75, 3.05) is 0 Å². The number of ether oxygens (including phenoxy) is 1. The Hall–Kier alpha value is -1.98. The summed E-state index contributed by atoms with van der Waals surface area (Å²) in [6.45, 7) is 0. The molecule has 0 spiro atoms. The molecule has 2 N–H and O–H groups in total. The molecule has 2 atom stereocenters. The molecule has 2 aliphatic heterocycles. The van der Waals surface area contributed by atoms with E-state index in [1.807, 2.05) is 0 Å². The van der Waals surface area contributed by atoms with Gasteiger partial charge in [0, 0.05) is 17.0 Å². The number of nitrogens with two attached hydrogens (primary N) is 1. The van der Waals surface area contributed by atoms with Gasteiger partial charge in [-0.15, -0.1) is 0 Å². The van der Waals surface area contributed by atoms with Gasteiger partial charge in [0.15, 0.2) is 0 Å². The zero-order chi connectivity index (χ0) is 16.1. The lowest BCUT2D eigenvalue weighted by atomic mass is 9.92. The summed E-state index contributed by atoms with van der Waals surface area (Å²) in [5, 5.41) is 0.327. The molecule has 0 radical (unpaired) electrons. The number of rotatable bonds is 2. The quantitative estimate of drug-likeness (QED) is 0.916. The van der Waals surface area contributed by atoms with Gasteiger partial charge in [0.25, 0.3) is 5.91 Å². The Kier molecular flexibility index (Phi) is 3.36. The van der Waals surface area contributed by atoms with Gasteiger partial charge in [-0.2, -0.15) is 0 Å². The Labute approximate surface area is 137 Å². The number of aromatic nitrogens is 1. The monoisotopic (exact) mass is 332 g/mol. The van der Waals surface area contributed by atoms with E-state index in [0.717, 1.165) is 18.4 Å². The fourth-order valence-electron chi connectivity index (χ4n) is 3.43. The minimum absolute atomic E-state index is 0.127. The molecule has 3 heterocycles. The van der Waals surface area contributed by atoms with Crippen LogP contribution in [0.2, 0.25) is 5.02 Å². The van der Waals surface area contributed by atoms with Gasteiger partial charge in [0.05, 0.1) is 11.8 Å². The highest BCUT2D eigenvalue weighted by Gasteiger charge is 2.37. The van der Waals surface area contributed by atoms with Crippen molar-refractivity contribution in [1.29, 1.82) is 0 Å². The van der Waals surface area contributed by atoms with Crippen LogP contribution in [0.3, 0.4) is 0 Å². The molecule has 0 saturated carbocycles. The second kappa shape index (κ2) is 5.28. The van der Waals surface area contributed by atoms with Gasteiger partial charge in [-0.25, -0.2) is 9.37 Å². The van der Waals surface area contributed by atoms with Crippen molar-refractivity contribution in [2.45, 2.75) is 31.5 Å². The molecule has 2 aliphatic rings. The number of fused-ring (bicyclic) bond motifs is 4. The Morgan fingerprint density at radius 3 is 2.87 bits per heavy atom. The zero-order valence-corrected chi connectivity index (χ0v) is 12.9. The third kappa shape index (κ3) is 2.40. The van der Waals surface area contributed by atoms with Gasteiger partial charge in [-0.05, 0) is 48.2 Å². The second-order valence-corrected chi connectivity index (χ2v) is 6.37. The maximum Gasteiger partial charge on any atom is 0.267 e. The predicted molar refractivity (Wildman–Crippen MR) is 83.7 cm³/mol. The fourth-order valence-corrected chi connectivity index (χ4v) is 3.59. The van der Waals surface area contributed by atoms with Crippen molar-refractivity contribution < 1.29 is 13.9 Å². The highest BCUT2D eigenvalue weighted by atomic mass is 35.5. The van der Waals surface area contributed by atoms with Crippen LogP contribution in [0.15, 0.2) is 24.3 Å². The van der Waals surface area contributed by atoms with E-state index < -0.39 is 11.7 Å². The molecule has 1 aromatic heterocycles. The third-order valence-electron chi connectivity index (χ3n) is 4.47. The highest BCUT2D eigenvalue weighted by Crippen LogP contribution is 2.44. The minimum atomic E-state index is -0.636. The van der Waals surface area contributed by atoms with Crippen LogP contribution in [-0.2, 0) is 11.2 Å². The van der Waals surface area contributed by atoms with Gasteiger partial charge in [0.2, 0.25) is 0 Å². The number of hydrogen-bond acceptors (Lipinski definition) is 3. The maximum atomic E-state index is 14.4. The lowest BCUT2D eigenvalue weighted by Gasteiger charge is -2.26. The largest absolute Gasteiger partial charge is 0.368 e. The number of carbonyl (C=O) groups excluding carboxylic acids is 1. The van der Waals surface area contributed by atoms with Gasteiger partial charge in [0.1, 0.15) is 17.6 Å². The number of amides is 1. The van der Waals surface area contributed by atoms with Crippen LogP contribution in [0, 0.1) is 5.82 Å². The number of pyridine rings is 1. The normalized spacial score (nSPS) is 22.0. The molecule has 1 saturated heterocycles. The smallest absolute Gasteiger partial charge is 0.267 e. The van der Waals surface area contributed by atoms with Gasteiger partial charge in [-0.1, -0.05) is 11.6 Å². The van der Waals surface area contributed by atoms with Crippen LogP contribution >= 0.6 is 11.6 Å². The van der Waals surface area contributed by atoms with E-state index in [1.165, 1.54) is 6.07 Å². The van der Waals surface area contributed by atoms with E-state index in [4.69, 9.17) is 22.1 Å². The van der Waals surface area contributed by atoms with Crippen LogP contribution in [0.4, 0.5) is 4.39 Å². The molecule has 1 fully saturated rings. The van der Waals surface area contributed by atoms with Crippen LogP contribution in [-0.4, -0.2) is 17.0 Å². The highest BCUT2D eigenvalue weighted by molar-refractivity contribution is 6.30. The molecule has 1 amide bonds. The van der Waals surface area contributed by atoms with E-state index in [-0.39, 0.29) is 17.9 Å². The van der Waals surface area contributed by atoms with Crippen LogP contribution in [0.5, 0.6) is 0 Å². The molecule has 4 rings (SSSR count). The zero-order valence-electron chi connectivity index (χ0n) is 12.2. The van der Waals surface area contributed by atoms with E-state index >= 15 is 0 Å². The van der Waals surface area contributed by atoms with E-state index in [9.17, 15) is 9.18 Å². The molecule has 23 heavy (non-hydrogen) atoms. The summed E-state index contributed by atoms with van der Waals surface area (Å²) in [6.07, 6.45) is 2.44. The lowest BCUT2D eigenvalue weighted by Crippen LogP contribution is -2.23. The molecular weight excluding hydrogens is 319 g/mol. The van der Waals surface area contributed by atoms with Crippen molar-refractivity contribution in [3.05, 3.63) is 52.1 Å². The first-order chi connectivity index (χ1) is 11.0. The fraction of sp³-hybridized carbons (Fsp3) is 0.294. The van der Waals surface area contributed by atoms with Crippen molar-refractivity contribution in [1.82, 2.24) is 4.98 Å². The first-order valence-corrected chi connectivity index (χ1v) is 7.85. The summed E-state index contributed by atoms with van der Waals surface area (Å²) in [6, 6.07) is 6.08. The summed E-state index contributed by atoms with van der Waals surface area (Å²) in [7, 11) is 0. The number of benzene rings is 1. The van der Waals surface area contributed by atoms with Gasteiger partial charge >= 0.3 is 0 Å². The number of primary amides is 1. The molecule has 1 aromatic carbocycles. The SMILES string of the molecule is NC(=O)c1cc(-c2ccc(Cl)cc2F)c2c(n1)C1CCC(C2)O1. The summed E-state index contributed by atoms with van der Waals surface area (Å²) < 4.78 is 20.3. The number of carbonyl (C=O) groups is 1. The molecule has 2 bridgehead atoms. The average Bonchev–Trinajstić information content (AvgIpc) is 2.89. The number of hydrogen-bond donors (Lipinski definition) is 1. The van der Waals surface area contributed by atoms with Crippen LogP contribution < -0.4 is 5.73 Å². The third-order valence-corrected chi connectivity index (χ3v) is 4.71. The van der Waals surface area contributed by atoms with Crippen molar-refractivity contribution in [3.63, 3.8) is 0 Å². The molecule has 2 aromatic rings. The molecular formula is C17H14ClFN2O2. The Morgan fingerprint density at radius 1 is 1.30 bits per heavy atom. The molecule has 2 unspecified atom stereocenters. The summed E-state index contributed by atoms with van der Waals surface area (Å²) in [5.41, 5.74) is 8.22. The summed E-state index contributed by atoms with van der Waals surface area (Å²) >= 11 is 5.84. The Balaban J connectivity index is 1.97. The van der Waals surface area contributed by atoms with Crippen molar-refractivity contribution >= 4 is 17.5 Å². The topological polar surface area (TPSA) is 65.2 Å². The minimum Gasteiger partial charge on any atom is -0.368 e. The summed E-state index contributed by atoms with van der Waals surface area (Å²) in [4.78, 5) is 16.0. The van der Waals surface area contributed by atoms with Gasteiger partial charge < -0.3 is 10.5 Å². The first kappa shape index (κ1) is 14.6. The number of nitrogens with zero attached hydrogens (tertiary/aromatic N) is 1. The van der Waals surface area contributed by atoms with Gasteiger partial charge in [-0.3, -0.25) is 4.79 Å². The first-order valence-electron chi connectivity index (χ1n) is 7.47. The van der Waals surface area contributed by atoms with Crippen molar-refractivity contribution in [3.8, 4) is 11.1 Å². The lowest BCUT2D eigenvalue weighted by molar-refractivity contribution is 0.0295. The number of halogens is 2. The van der Waals surface area contributed by atoms with Crippen LogP contribution in [0.25, 0.3) is 11.1 Å². The summed E-state index contributed by atoms with van der Waals surface area (Å²) in [5.74, 6) is -1.07. The predicted octanol–water partition coefficient (Wildman–Crippen LogP) is 3.42. The van der Waals surface area contributed by atoms with Crippen LogP contribution in [0.1, 0.15) is 40.7 Å².